The standard InChI is InChI=1S/C17H27NOS/c1-14(19-17(2,3)4)18-13-9-8-12-16(20)15-10-6-5-7-11-15/h5-7,10-11,14,18H,8-9,12-13H2,1-4H3. The highest BCUT2D eigenvalue weighted by Gasteiger charge is 2.14. The third-order valence-corrected chi connectivity index (χ3v) is 3.33. The first-order chi connectivity index (χ1) is 9.38. The molecule has 0 aliphatic carbocycles. The van der Waals surface area contributed by atoms with Crippen LogP contribution in [0.15, 0.2) is 30.3 Å². The molecule has 0 saturated carbocycles. The van der Waals surface area contributed by atoms with Crippen molar-refractivity contribution in [3.8, 4) is 0 Å². The van der Waals surface area contributed by atoms with Gasteiger partial charge >= 0.3 is 0 Å². The second-order valence-electron chi connectivity index (χ2n) is 6.07. The molecule has 0 heterocycles. The lowest BCUT2D eigenvalue weighted by atomic mass is 10.1. The van der Waals surface area contributed by atoms with Crippen LogP contribution in [0.5, 0.6) is 0 Å². The summed E-state index contributed by atoms with van der Waals surface area (Å²) in [5.41, 5.74) is 1.08. The molecule has 1 aromatic carbocycles. The number of rotatable bonds is 8. The fraction of sp³-hybridized carbons (Fsp3) is 0.588. The van der Waals surface area contributed by atoms with E-state index >= 15 is 0 Å². The molecular formula is C17H27NOS. The van der Waals surface area contributed by atoms with Crippen LogP contribution in [0.2, 0.25) is 0 Å². The summed E-state index contributed by atoms with van der Waals surface area (Å²) in [4.78, 5) is 1.06. The van der Waals surface area contributed by atoms with Gasteiger partial charge in [-0.3, -0.25) is 5.32 Å². The molecule has 2 nitrogen and oxygen atoms in total. The van der Waals surface area contributed by atoms with E-state index in [-0.39, 0.29) is 11.8 Å². The molecule has 0 spiro atoms. The van der Waals surface area contributed by atoms with Gasteiger partial charge in [0, 0.05) is 4.86 Å². The summed E-state index contributed by atoms with van der Waals surface area (Å²) < 4.78 is 5.80. The first kappa shape index (κ1) is 17.3. The molecule has 1 atom stereocenters. The Kier molecular flexibility index (Phi) is 7.35. The maximum absolute atomic E-state index is 5.80. The molecule has 1 N–H and O–H groups in total. The number of ether oxygens (including phenoxy) is 1. The molecule has 3 heteroatoms. The third-order valence-electron chi connectivity index (χ3n) is 2.89. The van der Waals surface area contributed by atoms with E-state index in [9.17, 15) is 0 Å². The minimum Gasteiger partial charge on any atom is -0.358 e. The van der Waals surface area contributed by atoms with Crippen LogP contribution in [0, 0.1) is 0 Å². The average molecular weight is 293 g/mol. The molecule has 0 amide bonds. The van der Waals surface area contributed by atoms with Gasteiger partial charge in [-0.2, -0.15) is 0 Å². The van der Waals surface area contributed by atoms with Gasteiger partial charge < -0.3 is 4.74 Å². The fourth-order valence-corrected chi connectivity index (χ4v) is 2.34. The van der Waals surface area contributed by atoms with Crippen LogP contribution in [0.4, 0.5) is 0 Å². The average Bonchev–Trinajstić information content (AvgIpc) is 2.37. The van der Waals surface area contributed by atoms with E-state index in [1.165, 1.54) is 5.56 Å². The van der Waals surface area contributed by atoms with E-state index in [1.807, 2.05) is 18.2 Å². The van der Waals surface area contributed by atoms with Crippen molar-refractivity contribution in [2.45, 2.75) is 58.8 Å². The Bertz CT molecular complexity index is 397. The Labute approximate surface area is 128 Å². The van der Waals surface area contributed by atoms with Crippen molar-refractivity contribution >= 4 is 17.1 Å². The van der Waals surface area contributed by atoms with Gasteiger partial charge in [-0.25, -0.2) is 0 Å². The van der Waals surface area contributed by atoms with Gasteiger partial charge in [-0.1, -0.05) is 42.5 Å². The van der Waals surface area contributed by atoms with E-state index in [0.717, 1.165) is 30.7 Å². The Hall–Kier alpha value is -0.770. The van der Waals surface area contributed by atoms with Gasteiger partial charge in [0.25, 0.3) is 0 Å². The van der Waals surface area contributed by atoms with Crippen LogP contribution >= 0.6 is 12.2 Å². The lowest BCUT2D eigenvalue weighted by molar-refractivity contribution is -0.0654. The molecule has 0 aromatic heterocycles. The van der Waals surface area contributed by atoms with E-state index in [4.69, 9.17) is 17.0 Å². The third kappa shape index (κ3) is 7.73. The molecule has 0 aliphatic heterocycles. The lowest BCUT2D eigenvalue weighted by Gasteiger charge is -2.25. The van der Waals surface area contributed by atoms with Crippen molar-refractivity contribution < 1.29 is 4.74 Å². The van der Waals surface area contributed by atoms with Crippen molar-refractivity contribution in [2.75, 3.05) is 6.54 Å². The van der Waals surface area contributed by atoms with Crippen molar-refractivity contribution in [3.63, 3.8) is 0 Å². The predicted molar refractivity (Wildman–Crippen MR) is 90.3 cm³/mol. The molecule has 1 unspecified atom stereocenters. The molecule has 0 fully saturated rings. The second kappa shape index (κ2) is 8.50. The van der Waals surface area contributed by atoms with Gasteiger partial charge in [-0.15, -0.1) is 0 Å². The van der Waals surface area contributed by atoms with Crippen molar-refractivity contribution in [1.82, 2.24) is 5.32 Å². The number of thiocarbonyl (C=S) groups is 1. The summed E-state index contributed by atoms with van der Waals surface area (Å²) in [6.07, 6.45) is 3.31. The monoisotopic (exact) mass is 293 g/mol. The lowest BCUT2D eigenvalue weighted by Crippen LogP contribution is -2.36. The molecule has 0 saturated heterocycles. The Morgan fingerprint density at radius 2 is 1.85 bits per heavy atom. The minimum atomic E-state index is -0.0959. The number of unbranched alkanes of at least 4 members (excludes halogenated alkanes) is 1. The summed E-state index contributed by atoms with van der Waals surface area (Å²) in [6, 6.07) is 10.3. The van der Waals surface area contributed by atoms with Crippen LogP contribution in [-0.2, 0) is 4.74 Å². The molecule has 20 heavy (non-hydrogen) atoms. The van der Waals surface area contributed by atoms with Gasteiger partial charge in [0.1, 0.15) is 6.23 Å². The van der Waals surface area contributed by atoms with Gasteiger partial charge in [0.2, 0.25) is 0 Å². The summed E-state index contributed by atoms with van der Waals surface area (Å²) in [7, 11) is 0. The van der Waals surface area contributed by atoms with E-state index in [2.05, 4.69) is 45.1 Å². The number of hydrogen-bond donors (Lipinski definition) is 1. The first-order valence-electron chi connectivity index (χ1n) is 7.38. The van der Waals surface area contributed by atoms with E-state index in [1.54, 1.807) is 0 Å². The van der Waals surface area contributed by atoms with Crippen LogP contribution in [0.3, 0.4) is 0 Å². The Morgan fingerprint density at radius 3 is 2.45 bits per heavy atom. The maximum Gasteiger partial charge on any atom is 0.105 e. The number of benzene rings is 1. The summed E-state index contributed by atoms with van der Waals surface area (Å²) in [6.45, 7) is 9.24. The summed E-state index contributed by atoms with van der Waals surface area (Å²) in [5, 5.41) is 3.39. The van der Waals surface area contributed by atoms with Gasteiger partial charge in [-0.05, 0) is 59.1 Å². The van der Waals surface area contributed by atoms with Crippen molar-refractivity contribution in [3.05, 3.63) is 35.9 Å². The smallest absolute Gasteiger partial charge is 0.105 e. The highest BCUT2D eigenvalue weighted by Crippen LogP contribution is 2.10. The molecule has 1 rings (SSSR count). The van der Waals surface area contributed by atoms with E-state index in [0.29, 0.717) is 0 Å². The summed E-state index contributed by atoms with van der Waals surface area (Å²) >= 11 is 5.45. The molecule has 0 radical (unpaired) electrons. The highest BCUT2D eigenvalue weighted by atomic mass is 32.1. The van der Waals surface area contributed by atoms with E-state index < -0.39 is 0 Å². The molecule has 0 aliphatic rings. The zero-order valence-corrected chi connectivity index (χ0v) is 13.9. The topological polar surface area (TPSA) is 21.3 Å². The molecular weight excluding hydrogens is 266 g/mol. The number of hydrogen-bond acceptors (Lipinski definition) is 3. The Balaban J connectivity index is 2.12. The van der Waals surface area contributed by atoms with Crippen LogP contribution in [0.25, 0.3) is 0 Å². The minimum absolute atomic E-state index is 0.0936. The largest absolute Gasteiger partial charge is 0.358 e. The van der Waals surface area contributed by atoms with Crippen LogP contribution in [-0.4, -0.2) is 23.2 Å². The second-order valence-corrected chi connectivity index (χ2v) is 6.57. The molecule has 1 aromatic rings. The SMILES string of the molecule is CC(NCCCCC(=S)c1ccccc1)OC(C)(C)C. The maximum atomic E-state index is 5.80. The van der Waals surface area contributed by atoms with Gasteiger partial charge in [0.15, 0.2) is 0 Å². The molecule has 0 bridgehead atoms. The van der Waals surface area contributed by atoms with Crippen molar-refractivity contribution in [1.29, 1.82) is 0 Å². The predicted octanol–water partition coefficient (Wildman–Crippen LogP) is 4.33. The van der Waals surface area contributed by atoms with Gasteiger partial charge in [0.05, 0.1) is 5.60 Å². The fourth-order valence-electron chi connectivity index (χ4n) is 2.06. The quantitative estimate of drug-likeness (QED) is 0.334. The molecule has 112 valence electrons. The number of nitrogens with one attached hydrogen (secondary N) is 1. The Morgan fingerprint density at radius 1 is 1.20 bits per heavy atom. The first-order valence-corrected chi connectivity index (χ1v) is 7.79. The normalized spacial score (nSPS) is 13.2. The van der Waals surface area contributed by atoms with Crippen molar-refractivity contribution in [2.24, 2.45) is 0 Å². The highest BCUT2D eigenvalue weighted by molar-refractivity contribution is 7.80. The summed E-state index contributed by atoms with van der Waals surface area (Å²) in [5.74, 6) is 0. The van der Waals surface area contributed by atoms with Crippen LogP contribution < -0.4 is 5.32 Å². The zero-order valence-electron chi connectivity index (χ0n) is 13.1. The van der Waals surface area contributed by atoms with Crippen LogP contribution in [0.1, 0.15) is 52.5 Å². The zero-order chi connectivity index (χ0) is 15.0.